The van der Waals surface area contributed by atoms with Crippen LogP contribution in [0.5, 0.6) is 0 Å². The molecule has 4 heteroatoms. The first-order valence-corrected chi connectivity index (χ1v) is 5.88. The lowest BCUT2D eigenvalue weighted by Crippen LogP contribution is -2.32. The Labute approximate surface area is 88.7 Å². The first-order chi connectivity index (χ1) is 6.90. The molecular formula is C10H16N2OS. The minimum Gasteiger partial charge on any atom is -0.383 e. The molecule has 3 nitrogen and oxygen atoms in total. The SMILES string of the molecule is COC[C@H]1CCCN1Cc1cncs1. The van der Waals surface area contributed by atoms with Gasteiger partial charge in [-0.2, -0.15) is 0 Å². The van der Waals surface area contributed by atoms with Crippen molar-refractivity contribution in [3.05, 3.63) is 16.6 Å². The maximum absolute atomic E-state index is 5.22. The van der Waals surface area contributed by atoms with Crippen LogP contribution in [-0.4, -0.2) is 36.2 Å². The molecule has 0 aliphatic carbocycles. The van der Waals surface area contributed by atoms with Crippen molar-refractivity contribution in [2.24, 2.45) is 0 Å². The Morgan fingerprint density at radius 2 is 2.64 bits per heavy atom. The standard InChI is InChI=1S/C10H16N2OS/c1-13-7-9-3-2-4-12(9)6-10-5-11-8-14-10/h5,8-9H,2-4,6-7H2,1H3/t9-/m1/s1. The topological polar surface area (TPSA) is 25.4 Å². The molecule has 1 aliphatic heterocycles. The minimum absolute atomic E-state index is 0.613. The van der Waals surface area contributed by atoms with Crippen molar-refractivity contribution in [1.82, 2.24) is 9.88 Å². The van der Waals surface area contributed by atoms with E-state index < -0.39 is 0 Å². The first kappa shape index (κ1) is 10.1. The van der Waals surface area contributed by atoms with E-state index in [0.29, 0.717) is 6.04 Å². The van der Waals surface area contributed by atoms with Crippen LogP contribution < -0.4 is 0 Å². The van der Waals surface area contributed by atoms with Gasteiger partial charge < -0.3 is 4.74 Å². The molecule has 14 heavy (non-hydrogen) atoms. The predicted octanol–water partition coefficient (Wildman–Crippen LogP) is 1.75. The second-order valence-corrected chi connectivity index (χ2v) is 4.66. The van der Waals surface area contributed by atoms with Crippen LogP contribution in [0, 0.1) is 0 Å². The number of hydrogen-bond donors (Lipinski definition) is 0. The largest absolute Gasteiger partial charge is 0.383 e. The van der Waals surface area contributed by atoms with Crippen LogP contribution in [0.3, 0.4) is 0 Å². The first-order valence-electron chi connectivity index (χ1n) is 5.00. The summed E-state index contributed by atoms with van der Waals surface area (Å²) in [5.74, 6) is 0. The lowest BCUT2D eigenvalue weighted by atomic mass is 10.2. The Kier molecular flexibility index (Phi) is 3.50. The highest BCUT2D eigenvalue weighted by molar-refractivity contribution is 7.09. The third-order valence-corrected chi connectivity index (χ3v) is 3.46. The zero-order valence-corrected chi connectivity index (χ0v) is 9.30. The van der Waals surface area contributed by atoms with E-state index in [1.54, 1.807) is 18.4 Å². The highest BCUT2D eigenvalue weighted by atomic mass is 32.1. The van der Waals surface area contributed by atoms with Gasteiger partial charge in [-0.15, -0.1) is 11.3 Å². The summed E-state index contributed by atoms with van der Waals surface area (Å²) in [6.07, 6.45) is 4.53. The molecule has 2 heterocycles. The molecular weight excluding hydrogens is 196 g/mol. The summed E-state index contributed by atoms with van der Waals surface area (Å²) in [5.41, 5.74) is 1.90. The van der Waals surface area contributed by atoms with Gasteiger partial charge in [0.2, 0.25) is 0 Å². The molecule has 0 aromatic carbocycles. The highest BCUT2D eigenvalue weighted by Crippen LogP contribution is 2.21. The normalized spacial score (nSPS) is 23.1. The van der Waals surface area contributed by atoms with Gasteiger partial charge in [-0.25, -0.2) is 0 Å². The highest BCUT2D eigenvalue weighted by Gasteiger charge is 2.24. The number of methoxy groups -OCH3 is 1. The zero-order valence-electron chi connectivity index (χ0n) is 8.48. The minimum atomic E-state index is 0.613. The Hall–Kier alpha value is -0.450. The maximum Gasteiger partial charge on any atom is 0.0794 e. The van der Waals surface area contributed by atoms with Gasteiger partial charge in [0.1, 0.15) is 0 Å². The summed E-state index contributed by atoms with van der Waals surface area (Å²) in [6, 6.07) is 0.613. The molecule has 1 fully saturated rings. The van der Waals surface area contributed by atoms with E-state index in [9.17, 15) is 0 Å². The molecule has 0 N–H and O–H groups in total. The molecule has 0 saturated carbocycles. The number of aromatic nitrogens is 1. The van der Waals surface area contributed by atoms with E-state index in [-0.39, 0.29) is 0 Å². The molecule has 0 spiro atoms. The van der Waals surface area contributed by atoms with Crippen LogP contribution >= 0.6 is 11.3 Å². The van der Waals surface area contributed by atoms with Gasteiger partial charge in [0, 0.05) is 30.8 Å². The molecule has 1 aliphatic rings. The van der Waals surface area contributed by atoms with Gasteiger partial charge in [-0.1, -0.05) is 0 Å². The Bertz CT molecular complexity index is 263. The molecule has 0 radical (unpaired) electrons. The van der Waals surface area contributed by atoms with E-state index >= 15 is 0 Å². The molecule has 78 valence electrons. The number of hydrogen-bond acceptors (Lipinski definition) is 4. The average molecular weight is 212 g/mol. The summed E-state index contributed by atoms with van der Waals surface area (Å²) in [5, 5.41) is 0. The van der Waals surface area contributed by atoms with Crippen LogP contribution in [0.25, 0.3) is 0 Å². The third kappa shape index (κ3) is 2.32. The molecule has 0 unspecified atom stereocenters. The van der Waals surface area contributed by atoms with E-state index in [0.717, 1.165) is 13.2 Å². The van der Waals surface area contributed by atoms with Crippen molar-refractivity contribution >= 4 is 11.3 Å². The van der Waals surface area contributed by atoms with Crippen LogP contribution in [0.1, 0.15) is 17.7 Å². The summed E-state index contributed by atoms with van der Waals surface area (Å²) >= 11 is 1.74. The fraction of sp³-hybridized carbons (Fsp3) is 0.700. The van der Waals surface area contributed by atoms with Crippen LogP contribution in [0.15, 0.2) is 11.7 Å². The molecule has 0 amide bonds. The van der Waals surface area contributed by atoms with Gasteiger partial charge in [-0.05, 0) is 19.4 Å². The number of nitrogens with zero attached hydrogens (tertiary/aromatic N) is 2. The van der Waals surface area contributed by atoms with Crippen molar-refractivity contribution < 1.29 is 4.74 Å². The van der Waals surface area contributed by atoms with Crippen LogP contribution in [0.2, 0.25) is 0 Å². The van der Waals surface area contributed by atoms with Crippen molar-refractivity contribution in [3.8, 4) is 0 Å². The van der Waals surface area contributed by atoms with Gasteiger partial charge in [0.15, 0.2) is 0 Å². The molecule has 1 aromatic heterocycles. The van der Waals surface area contributed by atoms with E-state index in [1.165, 1.54) is 24.3 Å². The lowest BCUT2D eigenvalue weighted by Gasteiger charge is -2.22. The number of likely N-dealkylation sites (tertiary alicyclic amines) is 1. The Balaban J connectivity index is 1.90. The Morgan fingerprint density at radius 3 is 3.36 bits per heavy atom. The van der Waals surface area contributed by atoms with Gasteiger partial charge in [0.05, 0.1) is 12.1 Å². The van der Waals surface area contributed by atoms with E-state index in [1.807, 2.05) is 11.7 Å². The maximum atomic E-state index is 5.22. The molecule has 0 bridgehead atoms. The number of rotatable bonds is 4. The van der Waals surface area contributed by atoms with Crippen molar-refractivity contribution in [2.45, 2.75) is 25.4 Å². The smallest absolute Gasteiger partial charge is 0.0794 e. The van der Waals surface area contributed by atoms with Gasteiger partial charge in [-0.3, -0.25) is 9.88 Å². The molecule has 1 atom stereocenters. The third-order valence-electron chi connectivity index (χ3n) is 2.70. The zero-order chi connectivity index (χ0) is 9.80. The average Bonchev–Trinajstić information content (AvgIpc) is 2.80. The second kappa shape index (κ2) is 4.87. The fourth-order valence-electron chi connectivity index (χ4n) is 2.00. The number of thiazole rings is 1. The summed E-state index contributed by atoms with van der Waals surface area (Å²) in [7, 11) is 1.78. The van der Waals surface area contributed by atoms with Gasteiger partial charge in [0.25, 0.3) is 0 Å². The molecule has 1 aromatic rings. The summed E-state index contributed by atoms with van der Waals surface area (Å²) < 4.78 is 5.22. The second-order valence-electron chi connectivity index (χ2n) is 3.69. The molecule has 2 rings (SSSR count). The predicted molar refractivity (Wildman–Crippen MR) is 57.4 cm³/mol. The van der Waals surface area contributed by atoms with Crippen molar-refractivity contribution in [1.29, 1.82) is 0 Å². The monoisotopic (exact) mass is 212 g/mol. The van der Waals surface area contributed by atoms with Crippen molar-refractivity contribution in [3.63, 3.8) is 0 Å². The van der Waals surface area contributed by atoms with E-state index in [4.69, 9.17) is 4.74 Å². The quantitative estimate of drug-likeness (QED) is 0.760. The van der Waals surface area contributed by atoms with Crippen LogP contribution in [0.4, 0.5) is 0 Å². The Morgan fingerprint density at radius 1 is 1.71 bits per heavy atom. The van der Waals surface area contributed by atoms with Crippen LogP contribution in [-0.2, 0) is 11.3 Å². The summed E-state index contributed by atoms with van der Waals surface area (Å²) in [6.45, 7) is 3.10. The van der Waals surface area contributed by atoms with Gasteiger partial charge >= 0.3 is 0 Å². The fourth-order valence-corrected chi connectivity index (χ4v) is 2.62. The van der Waals surface area contributed by atoms with Crippen molar-refractivity contribution in [2.75, 3.05) is 20.3 Å². The van der Waals surface area contributed by atoms with E-state index in [2.05, 4.69) is 9.88 Å². The number of ether oxygens (including phenoxy) is 1. The molecule has 1 saturated heterocycles. The summed E-state index contributed by atoms with van der Waals surface area (Å²) in [4.78, 5) is 7.95. The lowest BCUT2D eigenvalue weighted by molar-refractivity contribution is 0.112.